The summed E-state index contributed by atoms with van der Waals surface area (Å²) in [5.41, 5.74) is 0. The predicted molar refractivity (Wildman–Crippen MR) is 48.5 cm³/mol. The van der Waals surface area contributed by atoms with Crippen LogP contribution < -0.4 is 10.0 Å². The van der Waals surface area contributed by atoms with Gasteiger partial charge in [0.1, 0.15) is 0 Å². The second kappa shape index (κ2) is 3.72. The molecule has 1 saturated heterocycles. The molecule has 4 nitrogen and oxygen atoms in total. The second-order valence-electron chi connectivity index (χ2n) is 3.49. The molecule has 0 amide bonds. The topological polar surface area (TPSA) is 58.2 Å². The molecule has 5 heteroatoms. The first-order valence-corrected chi connectivity index (χ1v) is 5.88. The van der Waals surface area contributed by atoms with E-state index >= 15 is 0 Å². The largest absolute Gasteiger partial charge is 0.313 e. The van der Waals surface area contributed by atoms with Crippen LogP contribution >= 0.6 is 0 Å². The van der Waals surface area contributed by atoms with Crippen molar-refractivity contribution in [2.75, 3.05) is 12.3 Å². The first kappa shape index (κ1) is 9.95. The highest BCUT2D eigenvalue weighted by Crippen LogP contribution is 2.04. The van der Waals surface area contributed by atoms with E-state index in [4.69, 9.17) is 0 Å². The zero-order valence-electron chi connectivity index (χ0n) is 7.50. The fraction of sp³-hybridized carbons (Fsp3) is 1.00. The first-order chi connectivity index (χ1) is 5.49. The summed E-state index contributed by atoms with van der Waals surface area (Å²) >= 11 is 0. The van der Waals surface area contributed by atoms with Crippen LogP contribution in [0.25, 0.3) is 0 Å². The Morgan fingerprint density at radius 1 is 1.58 bits per heavy atom. The highest BCUT2D eigenvalue weighted by Gasteiger charge is 2.23. The third-order valence-electron chi connectivity index (χ3n) is 1.76. The van der Waals surface area contributed by atoms with E-state index in [0.29, 0.717) is 0 Å². The fourth-order valence-electron chi connectivity index (χ4n) is 1.16. The highest BCUT2D eigenvalue weighted by atomic mass is 32.2. The van der Waals surface area contributed by atoms with Gasteiger partial charge >= 0.3 is 0 Å². The van der Waals surface area contributed by atoms with Gasteiger partial charge in [0.15, 0.2) is 0 Å². The summed E-state index contributed by atoms with van der Waals surface area (Å²) in [5.74, 6) is 0.213. The molecule has 0 radical (unpaired) electrons. The molecular formula is C7H16N2O2S. The van der Waals surface area contributed by atoms with Gasteiger partial charge in [-0.15, -0.1) is 0 Å². The van der Waals surface area contributed by atoms with Crippen LogP contribution in [0.2, 0.25) is 0 Å². The minimum atomic E-state index is -3.05. The first-order valence-electron chi connectivity index (χ1n) is 4.23. The molecule has 72 valence electrons. The zero-order chi connectivity index (χ0) is 9.19. The van der Waals surface area contributed by atoms with Crippen LogP contribution in [-0.4, -0.2) is 32.8 Å². The van der Waals surface area contributed by atoms with Crippen molar-refractivity contribution in [2.24, 2.45) is 0 Å². The maximum atomic E-state index is 11.3. The lowest BCUT2D eigenvalue weighted by Crippen LogP contribution is -2.49. The molecule has 0 spiro atoms. The maximum Gasteiger partial charge on any atom is 0.213 e. The van der Waals surface area contributed by atoms with Crippen molar-refractivity contribution in [3.63, 3.8) is 0 Å². The lowest BCUT2D eigenvalue weighted by Gasteiger charge is -2.27. The molecule has 1 unspecified atom stereocenters. The summed E-state index contributed by atoms with van der Waals surface area (Å²) in [4.78, 5) is 0. The Balaban J connectivity index is 2.37. The molecule has 1 atom stereocenters. The van der Waals surface area contributed by atoms with Crippen molar-refractivity contribution in [3.05, 3.63) is 0 Å². The van der Waals surface area contributed by atoms with Crippen LogP contribution in [-0.2, 0) is 10.0 Å². The van der Waals surface area contributed by atoms with Crippen LogP contribution in [0.4, 0.5) is 0 Å². The smallest absolute Gasteiger partial charge is 0.213 e. The molecule has 1 rings (SSSR count). The van der Waals surface area contributed by atoms with Crippen molar-refractivity contribution >= 4 is 10.0 Å². The second-order valence-corrected chi connectivity index (χ2v) is 5.29. The van der Waals surface area contributed by atoms with E-state index < -0.39 is 10.0 Å². The Bertz CT molecular complexity index is 232. The van der Waals surface area contributed by atoms with Crippen molar-refractivity contribution < 1.29 is 8.42 Å². The lowest BCUT2D eigenvalue weighted by molar-refractivity contribution is 0.397. The van der Waals surface area contributed by atoms with Gasteiger partial charge in [-0.25, -0.2) is 13.1 Å². The fourth-order valence-corrected chi connectivity index (χ4v) is 2.79. The molecule has 0 aromatic rings. The van der Waals surface area contributed by atoms with Crippen LogP contribution in [0, 0.1) is 0 Å². The summed E-state index contributed by atoms with van der Waals surface area (Å²) in [6.07, 6.45) is 0.971. The summed E-state index contributed by atoms with van der Waals surface area (Å²) in [6, 6.07) is 0.163. The molecule has 0 aromatic carbocycles. The van der Waals surface area contributed by atoms with E-state index in [2.05, 4.69) is 10.0 Å². The van der Waals surface area contributed by atoms with Gasteiger partial charge in [-0.05, 0) is 26.8 Å². The normalized spacial score (nSPS) is 24.1. The van der Waals surface area contributed by atoms with E-state index in [1.54, 1.807) is 0 Å². The Morgan fingerprint density at radius 3 is 2.50 bits per heavy atom. The summed E-state index contributed by atoms with van der Waals surface area (Å²) < 4.78 is 25.1. The molecular weight excluding hydrogens is 176 g/mol. The summed E-state index contributed by atoms with van der Waals surface area (Å²) in [7, 11) is -3.05. The third kappa shape index (κ3) is 3.08. The van der Waals surface area contributed by atoms with Crippen LogP contribution in [0.1, 0.15) is 20.3 Å². The molecule has 0 bridgehead atoms. The molecule has 0 saturated carbocycles. The molecule has 1 aliphatic heterocycles. The van der Waals surface area contributed by atoms with E-state index in [1.165, 1.54) is 0 Å². The lowest BCUT2D eigenvalue weighted by atomic mass is 10.1. The van der Waals surface area contributed by atoms with E-state index in [0.717, 1.165) is 13.0 Å². The molecule has 1 fully saturated rings. The monoisotopic (exact) mass is 192 g/mol. The minimum absolute atomic E-state index is 0.00456. The van der Waals surface area contributed by atoms with Gasteiger partial charge in [0.25, 0.3) is 0 Å². The number of rotatable bonds is 4. The van der Waals surface area contributed by atoms with Crippen LogP contribution in [0.5, 0.6) is 0 Å². The van der Waals surface area contributed by atoms with Crippen molar-refractivity contribution in [1.29, 1.82) is 0 Å². The highest BCUT2D eigenvalue weighted by molar-refractivity contribution is 7.89. The molecule has 12 heavy (non-hydrogen) atoms. The van der Waals surface area contributed by atoms with Gasteiger partial charge in [-0.3, -0.25) is 0 Å². The van der Waals surface area contributed by atoms with Gasteiger partial charge < -0.3 is 5.32 Å². The maximum absolute atomic E-state index is 11.3. The quantitative estimate of drug-likeness (QED) is 0.641. The van der Waals surface area contributed by atoms with Gasteiger partial charge in [0, 0.05) is 12.1 Å². The zero-order valence-corrected chi connectivity index (χ0v) is 8.32. The van der Waals surface area contributed by atoms with Gasteiger partial charge in [0.2, 0.25) is 10.0 Å². The predicted octanol–water partition coefficient (Wildman–Crippen LogP) is -0.324. The number of nitrogens with one attached hydrogen (secondary N) is 2. The average Bonchev–Trinajstić information content (AvgIpc) is 1.76. The minimum Gasteiger partial charge on any atom is -0.313 e. The van der Waals surface area contributed by atoms with Gasteiger partial charge in [-0.2, -0.15) is 0 Å². The van der Waals surface area contributed by atoms with Gasteiger partial charge in [0.05, 0.1) is 5.75 Å². The average molecular weight is 192 g/mol. The SMILES string of the molecule is CC(C)NS(=O)(=O)CC1CCN1. The molecule has 0 aromatic heterocycles. The van der Waals surface area contributed by atoms with Crippen molar-refractivity contribution in [3.8, 4) is 0 Å². The Morgan fingerprint density at radius 2 is 2.17 bits per heavy atom. The van der Waals surface area contributed by atoms with Crippen molar-refractivity contribution in [1.82, 2.24) is 10.0 Å². The van der Waals surface area contributed by atoms with Crippen LogP contribution in [0.3, 0.4) is 0 Å². The molecule has 1 aliphatic rings. The number of sulfonamides is 1. The van der Waals surface area contributed by atoms with E-state index in [9.17, 15) is 8.42 Å². The standard InChI is InChI=1S/C7H16N2O2S/c1-6(2)9-12(10,11)5-7-3-4-8-7/h6-9H,3-5H2,1-2H3. The molecule has 0 aliphatic carbocycles. The molecule has 2 N–H and O–H groups in total. The van der Waals surface area contributed by atoms with Crippen LogP contribution in [0.15, 0.2) is 0 Å². The Hall–Kier alpha value is -0.130. The van der Waals surface area contributed by atoms with E-state index in [-0.39, 0.29) is 17.8 Å². The van der Waals surface area contributed by atoms with Gasteiger partial charge in [-0.1, -0.05) is 0 Å². The Labute approximate surface area is 73.8 Å². The Kier molecular flexibility index (Phi) is 3.09. The van der Waals surface area contributed by atoms with Crippen molar-refractivity contribution in [2.45, 2.75) is 32.4 Å². The molecule has 1 heterocycles. The third-order valence-corrected chi connectivity index (χ3v) is 3.43. The number of hydrogen-bond acceptors (Lipinski definition) is 3. The van der Waals surface area contributed by atoms with E-state index in [1.807, 2.05) is 13.8 Å². The summed E-state index contributed by atoms with van der Waals surface area (Å²) in [5, 5.41) is 3.06. The number of hydrogen-bond donors (Lipinski definition) is 2. The summed E-state index contributed by atoms with van der Waals surface area (Å²) in [6.45, 7) is 4.60.